The SMILES string of the molecule is C=C[C@@H](c1cccc(C)c1)[C@@]12CCO[C@@H]1Nc1ccccc12. The van der Waals surface area contributed by atoms with E-state index < -0.39 is 0 Å². The first kappa shape index (κ1) is 13.6. The molecule has 4 rings (SSSR count). The number of hydrogen-bond acceptors (Lipinski definition) is 2. The molecule has 0 unspecified atom stereocenters. The Labute approximate surface area is 131 Å². The van der Waals surface area contributed by atoms with Crippen molar-refractivity contribution < 1.29 is 4.74 Å². The maximum atomic E-state index is 6.04. The van der Waals surface area contributed by atoms with Gasteiger partial charge in [0.05, 0.1) is 12.0 Å². The molecule has 0 aromatic heterocycles. The Morgan fingerprint density at radius 2 is 2.14 bits per heavy atom. The molecular weight excluding hydrogens is 270 g/mol. The summed E-state index contributed by atoms with van der Waals surface area (Å²) in [7, 11) is 0. The molecule has 2 heteroatoms. The van der Waals surface area contributed by atoms with Gasteiger partial charge in [-0.05, 0) is 30.5 Å². The van der Waals surface area contributed by atoms with Crippen LogP contribution in [0.5, 0.6) is 0 Å². The third-order valence-corrected chi connectivity index (χ3v) is 5.18. The van der Waals surface area contributed by atoms with Gasteiger partial charge in [-0.25, -0.2) is 0 Å². The molecule has 0 amide bonds. The normalized spacial score (nSPS) is 26.9. The summed E-state index contributed by atoms with van der Waals surface area (Å²) < 4.78 is 6.04. The highest BCUT2D eigenvalue weighted by Crippen LogP contribution is 2.55. The number of nitrogens with one attached hydrogen (secondary N) is 1. The number of benzene rings is 2. The van der Waals surface area contributed by atoms with E-state index in [1.807, 2.05) is 0 Å². The second-order valence-corrected chi connectivity index (χ2v) is 6.36. The molecule has 1 N–H and O–H groups in total. The summed E-state index contributed by atoms with van der Waals surface area (Å²) in [6.07, 6.45) is 3.15. The molecule has 2 nitrogen and oxygen atoms in total. The van der Waals surface area contributed by atoms with Crippen LogP contribution in [-0.2, 0) is 10.2 Å². The molecule has 1 saturated heterocycles. The van der Waals surface area contributed by atoms with Crippen molar-refractivity contribution in [3.63, 3.8) is 0 Å². The number of ether oxygens (including phenoxy) is 1. The fourth-order valence-corrected chi connectivity index (χ4v) is 4.22. The lowest BCUT2D eigenvalue weighted by Crippen LogP contribution is -2.39. The first-order valence-corrected chi connectivity index (χ1v) is 7.92. The maximum Gasteiger partial charge on any atom is 0.138 e. The molecule has 0 radical (unpaired) electrons. The van der Waals surface area contributed by atoms with E-state index in [1.165, 1.54) is 22.4 Å². The minimum Gasteiger partial charge on any atom is -0.359 e. The summed E-state index contributed by atoms with van der Waals surface area (Å²) in [5, 5.41) is 3.57. The van der Waals surface area contributed by atoms with Crippen LogP contribution in [0.3, 0.4) is 0 Å². The molecule has 0 spiro atoms. The van der Waals surface area contributed by atoms with Crippen LogP contribution in [-0.4, -0.2) is 12.8 Å². The van der Waals surface area contributed by atoms with Crippen LogP contribution in [0.4, 0.5) is 5.69 Å². The zero-order chi connectivity index (χ0) is 15.2. The lowest BCUT2D eigenvalue weighted by Gasteiger charge is -2.35. The molecule has 2 aliphatic heterocycles. The van der Waals surface area contributed by atoms with E-state index in [9.17, 15) is 0 Å². The first-order chi connectivity index (χ1) is 10.8. The second-order valence-electron chi connectivity index (χ2n) is 6.36. The van der Waals surface area contributed by atoms with Crippen LogP contribution >= 0.6 is 0 Å². The highest BCUT2D eigenvalue weighted by atomic mass is 16.5. The van der Waals surface area contributed by atoms with Gasteiger partial charge < -0.3 is 10.1 Å². The first-order valence-electron chi connectivity index (χ1n) is 7.92. The average molecular weight is 291 g/mol. The van der Waals surface area contributed by atoms with Gasteiger partial charge >= 0.3 is 0 Å². The van der Waals surface area contributed by atoms with Crippen molar-refractivity contribution in [1.82, 2.24) is 0 Å². The Hall–Kier alpha value is -2.06. The summed E-state index contributed by atoms with van der Waals surface area (Å²) in [6.45, 7) is 7.09. The minimum atomic E-state index is -0.0495. The van der Waals surface area contributed by atoms with Gasteiger partial charge in [0.25, 0.3) is 0 Å². The third-order valence-electron chi connectivity index (χ3n) is 5.18. The Balaban J connectivity index is 1.89. The number of anilines is 1. The zero-order valence-corrected chi connectivity index (χ0v) is 12.9. The number of allylic oxidation sites excluding steroid dienone is 1. The standard InChI is InChI=1S/C20H21NO/c1-3-16(15-8-6-7-14(2)13-15)20-11-12-22-19(20)21-18-10-5-4-9-17(18)20/h3-10,13,16,19,21H,1,11-12H2,2H3/t16-,19-,20+/m0/s1. The van der Waals surface area contributed by atoms with E-state index in [0.717, 1.165) is 13.0 Å². The van der Waals surface area contributed by atoms with Crippen LogP contribution < -0.4 is 5.32 Å². The van der Waals surface area contributed by atoms with E-state index in [0.29, 0.717) is 0 Å². The van der Waals surface area contributed by atoms with Crippen LogP contribution in [0, 0.1) is 6.92 Å². The van der Waals surface area contributed by atoms with Crippen LogP contribution in [0.2, 0.25) is 0 Å². The smallest absolute Gasteiger partial charge is 0.138 e. The van der Waals surface area contributed by atoms with Crippen LogP contribution in [0.15, 0.2) is 61.2 Å². The van der Waals surface area contributed by atoms with Crippen LogP contribution in [0.1, 0.15) is 29.0 Å². The third kappa shape index (κ3) is 1.77. The fourth-order valence-electron chi connectivity index (χ4n) is 4.22. The Kier molecular flexibility index (Phi) is 3.08. The van der Waals surface area contributed by atoms with Gasteiger partial charge in [0.1, 0.15) is 6.23 Å². The number of fused-ring (bicyclic) bond motifs is 3. The molecule has 2 heterocycles. The van der Waals surface area contributed by atoms with E-state index in [4.69, 9.17) is 4.74 Å². The quantitative estimate of drug-likeness (QED) is 0.848. The van der Waals surface area contributed by atoms with E-state index >= 15 is 0 Å². The lowest BCUT2D eigenvalue weighted by molar-refractivity contribution is 0.103. The van der Waals surface area contributed by atoms with Crippen LogP contribution in [0.25, 0.3) is 0 Å². The number of aryl methyl sites for hydroxylation is 1. The molecule has 112 valence electrons. The predicted octanol–water partition coefficient (Wildman–Crippen LogP) is 4.37. The molecule has 2 aliphatic rings. The van der Waals surface area contributed by atoms with Gasteiger partial charge in [-0.1, -0.05) is 54.1 Å². The van der Waals surface area contributed by atoms with E-state index in [-0.39, 0.29) is 17.6 Å². The molecule has 2 aromatic rings. The van der Waals surface area contributed by atoms with Gasteiger partial charge in [0.2, 0.25) is 0 Å². The maximum absolute atomic E-state index is 6.04. The van der Waals surface area contributed by atoms with Crippen molar-refractivity contribution in [2.75, 3.05) is 11.9 Å². The van der Waals surface area contributed by atoms with Crippen molar-refractivity contribution in [2.24, 2.45) is 0 Å². The summed E-state index contributed by atoms with van der Waals surface area (Å²) >= 11 is 0. The summed E-state index contributed by atoms with van der Waals surface area (Å²) in [4.78, 5) is 0. The number of hydrogen-bond donors (Lipinski definition) is 1. The van der Waals surface area contributed by atoms with Crippen molar-refractivity contribution in [3.05, 3.63) is 77.9 Å². The molecular formula is C20H21NO. The molecule has 22 heavy (non-hydrogen) atoms. The van der Waals surface area contributed by atoms with Gasteiger partial charge in [-0.15, -0.1) is 6.58 Å². The zero-order valence-electron chi connectivity index (χ0n) is 12.9. The molecule has 1 fully saturated rings. The fraction of sp³-hybridized carbons (Fsp3) is 0.300. The van der Waals surface area contributed by atoms with Crippen molar-refractivity contribution in [1.29, 1.82) is 0 Å². The van der Waals surface area contributed by atoms with Crippen molar-refractivity contribution in [2.45, 2.75) is 30.9 Å². The van der Waals surface area contributed by atoms with E-state index in [1.54, 1.807) is 0 Å². The Morgan fingerprint density at radius 1 is 1.27 bits per heavy atom. The molecule has 0 bridgehead atoms. The molecule has 2 aromatic carbocycles. The number of para-hydroxylation sites is 1. The molecule has 0 saturated carbocycles. The summed E-state index contributed by atoms with van der Waals surface area (Å²) in [5.74, 6) is 0.246. The summed E-state index contributed by atoms with van der Waals surface area (Å²) in [5.41, 5.74) is 5.13. The number of rotatable bonds is 3. The topological polar surface area (TPSA) is 21.3 Å². The Bertz CT molecular complexity index is 723. The van der Waals surface area contributed by atoms with E-state index in [2.05, 4.69) is 73.4 Å². The summed E-state index contributed by atoms with van der Waals surface area (Å²) in [6, 6.07) is 17.4. The lowest BCUT2D eigenvalue weighted by atomic mass is 9.66. The molecule has 0 aliphatic carbocycles. The minimum absolute atomic E-state index is 0.0356. The van der Waals surface area contributed by atoms with Crippen molar-refractivity contribution >= 4 is 5.69 Å². The highest BCUT2D eigenvalue weighted by molar-refractivity contribution is 5.64. The molecule has 3 atom stereocenters. The van der Waals surface area contributed by atoms with Crippen molar-refractivity contribution in [3.8, 4) is 0 Å². The average Bonchev–Trinajstić information content (AvgIpc) is 3.05. The highest BCUT2D eigenvalue weighted by Gasteiger charge is 2.55. The second kappa shape index (κ2) is 4.99. The Morgan fingerprint density at radius 3 is 2.95 bits per heavy atom. The predicted molar refractivity (Wildman–Crippen MR) is 90.2 cm³/mol. The monoisotopic (exact) mass is 291 g/mol. The van der Waals surface area contributed by atoms with Gasteiger partial charge in [-0.3, -0.25) is 0 Å². The van der Waals surface area contributed by atoms with Gasteiger partial charge in [-0.2, -0.15) is 0 Å². The van der Waals surface area contributed by atoms with Gasteiger partial charge in [0, 0.05) is 11.6 Å². The van der Waals surface area contributed by atoms with Gasteiger partial charge in [0.15, 0.2) is 0 Å². The largest absolute Gasteiger partial charge is 0.359 e.